The molecule has 1 atom stereocenters. The molecule has 0 bridgehead atoms. The molecule has 146 valence electrons. The third-order valence-electron chi connectivity index (χ3n) is 5.27. The molecule has 2 aromatic carbocycles. The van der Waals surface area contributed by atoms with Crippen LogP contribution in [0.5, 0.6) is 0 Å². The molecule has 1 N–H and O–H groups in total. The quantitative estimate of drug-likeness (QED) is 0.773. The van der Waals surface area contributed by atoms with Gasteiger partial charge in [0, 0.05) is 29.9 Å². The molecule has 0 radical (unpaired) electrons. The first-order chi connectivity index (χ1) is 13.4. The molecular formula is C23H26N2O3. The van der Waals surface area contributed by atoms with Gasteiger partial charge in [-0.05, 0) is 43.0 Å². The van der Waals surface area contributed by atoms with E-state index in [0.29, 0.717) is 17.8 Å². The standard InChI is InChI=1S/C23H26N2O3/c1-4-16-8-6-9-17(5-2)22(16)25-14-19(13-21(25)27)23(28)24-20-11-7-10-18(12-20)15(3)26/h6-12,19H,4-5,13-14H2,1-3H3,(H,24,28). The lowest BCUT2D eigenvalue weighted by atomic mass is 10.0. The Morgan fingerprint density at radius 3 is 2.32 bits per heavy atom. The zero-order chi connectivity index (χ0) is 20.3. The van der Waals surface area contributed by atoms with Crippen molar-refractivity contribution in [3.05, 3.63) is 59.2 Å². The number of carbonyl (C=O) groups is 3. The van der Waals surface area contributed by atoms with Crippen molar-refractivity contribution in [3.8, 4) is 0 Å². The molecular weight excluding hydrogens is 352 g/mol. The van der Waals surface area contributed by atoms with Gasteiger partial charge in [-0.15, -0.1) is 0 Å². The number of carbonyl (C=O) groups excluding carboxylic acids is 3. The van der Waals surface area contributed by atoms with E-state index < -0.39 is 5.92 Å². The average Bonchev–Trinajstić information content (AvgIpc) is 3.08. The maximum atomic E-state index is 12.8. The lowest BCUT2D eigenvalue weighted by Gasteiger charge is -2.23. The topological polar surface area (TPSA) is 66.5 Å². The van der Waals surface area contributed by atoms with Gasteiger partial charge in [0.1, 0.15) is 0 Å². The highest BCUT2D eigenvalue weighted by Gasteiger charge is 2.36. The number of ketones is 1. The number of hydrogen-bond acceptors (Lipinski definition) is 3. The molecule has 0 aromatic heterocycles. The van der Waals surface area contributed by atoms with Crippen LogP contribution in [0.2, 0.25) is 0 Å². The molecule has 5 nitrogen and oxygen atoms in total. The second kappa shape index (κ2) is 8.38. The van der Waals surface area contributed by atoms with Crippen LogP contribution in [0.3, 0.4) is 0 Å². The van der Waals surface area contributed by atoms with Crippen LogP contribution in [0, 0.1) is 5.92 Å². The Balaban J connectivity index is 1.79. The van der Waals surface area contributed by atoms with Crippen LogP contribution in [-0.2, 0) is 22.4 Å². The Hall–Kier alpha value is -2.95. The minimum absolute atomic E-state index is 0.0202. The maximum absolute atomic E-state index is 12.8. The van der Waals surface area contributed by atoms with Crippen molar-refractivity contribution >= 4 is 29.0 Å². The monoisotopic (exact) mass is 378 g/mol. The number of benzene rings is 2. The Morgan fingerprint density at radius 2 is 1.71 bits per heavy atom. The van der Waals surface area contributed by atoms with Gasteiger partial charge < -0.3 is 10.2 Å². The summed E-state index contributed by atoms with van der Waals surface area (Å²) in [4.78, 5) is 38.8. The largest absolute Gasteiger partial charge is 0.326 e. The molecule has 5 heteroatoms. The van der Waals surface area contributed by atoms with Crippen LogP contribution in [-0.4, -0.2) is 24.1 Å². The molecule has 1 heterocycles. The minimum atomic E-state index is -0.414. The van der Waals surface area contributed by atoms with E-state index in [-0.39, 0.29) is 24.0 Å². The first-order valence-electron chi connectivity index (χ1n) is 9.77. The highest BCUT2D eigenvalue weighted by Crippen LogP contribution is 2.32. The smallest absolute Gasteiger partial charge is 0.229 e. The lowest BCUT2D eigenvalue weighted by molar-refractivity contribution is -0.122. The summed E-state index contributed by atoms with van der Waals surface area (Å²) >= 11 is 0. The molecule has 1 fully saturated rings. The summed E-state index contributed by atoms with van der Waals surface area (Å²) in [7, 11) is 0. The first kappa shape index (κ1) is 19.8. The Morgan fingerprint density at radius 1 is 1.07 bits per heavy atom. The predicted octanol–water partition coefficient (Wildman–Crippen LogP) is 4.01. The van der Waals surface area contributed by atoms with E-state index in [0.717, 1.165) is 29.7 Å². The molecule has 1 saturated heterocycles. The van der Waals surface area contributed by atoms with E-state index in [1.807, 2.05) is 18.2 Å². The number of amides is 2. The SMILES string of the molecule is CCc1cccc(CC)c1N1CC(C(=O)Nc2cccc(C(C)=O)c2)CC1=O. The summed E-state index contributed by atoms with van der Waals surface area (Å²) in [6, 6.07) is 13.0. The highest BCUT2D eigenvalue weighted by atomic mass is 16.2. The van der Waals surface area contributed by atoms with Crippen LogP contribution >= 0.6 is 0 Å². The van der Waals surface area contributed by atoms with Gasteiger partial charge in [0.15, 0.2) is 5.78 Å². The van der Waals surface area contributed by atoms with Gasteiger partial charge in [0.25, 0.3) is 0 Å². The number of para-hydroxylation sites is 1. The van der Waals surface area contributed by atoms with Crippen LogP contribution in [0.25, 0.3) is 0 Å². The van der Waals surface area contributed by atoms with Crippen molar-refractivity contribution in [1.82, 2.24) is 0 Å². The molecule has 0 aliphatic carbocycles. The van der Waals surface area contributed by atoms with Crippen molar-refractivity contribution in [2.45, 2.75) is 40.0 Å². The summed E-state index contributed by atoms with van der Waals surface area (Å²) in [5.41, 5.74) is 4.34. The van der Waals surface area contributed by atoms with Crippen LogP contribution in [0.4, 0.5) is 11.4 Å². The van der Waals surface area contributed by atoms with Crippen LogP contribution in [0.15, 0.2) is 42.5 Å². The number of nitrogens with zero attached hydrogens (tertiary/aromatic N) is 1. The van der Waals surface area contributed by atoms with E-state index in [4.69, 9.17) is 0 Å². The maximum Gasteiger partial charge on any atom is 0.229 e. The van der Waals surface area contributed by atoms with Gasteiger partial charge in [-0.3, -0.25) is 14.4 Å². The van der Waals surface area contributed by atoms with Gasteiger partial charge in [0.05, 0.1) is 5.92 Å². The Kier molecular flexibility index (Phi) is 5.93. The second-order valence-corrected chi connectivity index (χ2v) is 7.16. The van der Waals surface area contributed by atoms with E-state index in [1.165, 1.54) is 6.92 Å². The fourth-order valence-electron chi connectivity index (χ4n) is 3.72. The Bertz CT molecular complexity index is 898. The zero-order valence-electron chi connectivity index (χ0n) is 16.6. The summed E-state index contributed by atoms with van der Waals surface area (Å²) in [5.74, 6) is -0.679. The lowest BCUT2D eigenvalue weighted by Crippen LogP contribution is -2.29. The number of Topliss-reactive ketones (excluding diaryl/α,β-unsaturated/α-hetero) is 1. The van der Waals surface area contributed by atoms with Crippen molar-refractivity contribution in [1.29, 1.82) is 0 Å². The molecule has 28 heavy (non-hydrogen) atoms. The fraction of sp³-hybridized carbons (Fsp3) is 0.348. The van der Waals surface area contributed by atoms with Gasteiger partial charge in [-0.2, -0.15) is 0 Å². The van der Waals surface area contributed by atoms with Crippen molar-refractivity contribution in [2.75, 3.05) is 16.8 Å². The molecule has 1 unspecified atom stereocenters. The van der Waals surface area contributed by atoms with Crippen LogP contribution < -0.4 is 10.2 Å². The molecule has 0 spiro atoms. The first-order valence-corrected chi connectivity index (χ1v) is 9.77. The molecule has 3 rings (SSSR count). The number of nitrogens with one attached hydrogen (secondary N) is 1. The fourth-order valence-corrected chi connectivity index (χ4v) is 3.72. The van der Waals surface area contributed by atoms with Gasteiger partial charge in [-0.25, -0.2) is 0 Å². The molecule has 0 saturated carbocycles. The Labute approximate surface area is 165 Å². The number of anilines is 2. The van der Waals surface area contributed by atoms with Crippen molar-refractivity contribution in [3.63, 3.8) is 0 Å². The zero-order valence-corrected chi connectivity index (χ0v) is 16.6. The highest BCUT2D eigenvalue weighted by molar-refractivity contribution is 6.04. The third kappa shape index (κ3) is 3.98. The molecule has 1 aliphatic heterocycles. The van der Waals surface area contributed by atoms with Crippen LogP contribution in [0.1, 0.15) is 48.7 Å². The van der Waals surface area contributed by atoms with Gasteiger partial charge in [0.2, 0.25) is 11.8 Å². The second-order valence-electron chi connectivity index (χ2n) is 7.16. The predicted molar refractivity (Wildman–Crippen MR) is 111 cm³/mol. The molecule has 2 amide bonds. The van der Waals surface area contributed by atoms with E-state index >= 15 is 0 Å². The summed E-state index contributed by atoms with van der Waals surface area (Å²) < 4.78 is 0. The minimum Gasteiger partial charge on any atom is -0.326 e. The van der Waals surface area contributed by atoms with Crippen molar-refractivity contribution in [2.24, 2.45) is 5.92 Å². The van der Waals surface area contributed by atoms with Crippen molar-refractivity contribution < 1.29 is 14.4 Å². The summed E-state index contributed by atoms with van der Waals surface area (Å²) in [6.45, 7) is 6.02. The third-order valence-corrected chi connectivity index (χ3v) is 5.27. The normalized spacial score (nSPS) is 16.3. The number of rotatable bonds is 6. The number of aryl methyl sites for hydroxylation is 2. The summed E-state index contributed by atoms with van der Waals surface area (Å²) in [5, 5.41) is 2.86. The number of hydrogen-bond donors (Lipinski definition) is 1. The van der Waals surface area contributed by atoms with E-state index in [1.54, 1.807) is 29.2 Å². The molecule has 1 aliphatic rings. The van der Waals surface area contributed by atoms with E-state index in [2.05, 4.69) is 19.2 Å². The molecule has 2 aromatic rings. The summed E-state index contributed by atoms with van der Waals surface area (Å²) in [6.07, 6.45) is 1.86. The average molecular weight is 378 g/mol. The van der Waals surface area contributed by atoms with Gasteiger partial charge >= 0.3 is 0 Å². The van der Waals surface area contributed by atoms with Gasteiger partial charge in [-0.1, -0.05) is 44.2 Å². The van der Waals surface area contributed by atoms with E-state index in [9.17, 15) is 14.4 Å².